The van der Waals surface area contributed by atoms with Crippen LogP contribution < -0.4 is 10.4 Å². The van der Waals surface area contributed by atoms with Crippen molar-refractivity contribution in [3.05, 3.63) is 326 Å². The van der Waals surface area contributed by atoms with Crippen LogP contribution in [0.15, 0.2) is 304 Å². The molecule has 0 unspecified atom stereocenters. The van der Waals surface area contributed by atoms with Crippen molar-refractivity contribution < 1.29 is 0 Å². The molecule has 0 atom stereocenters. The van der Waals surface area contributed by atoms with Gasteiger partial charge in [-0.25, -0.2) is 0 Å². The van der Waals surface area contributed by atoms with Gasteiger partial charge in [0.15, 0.2) is 8.07 Å². The molecule has 5 heterocycles. The zero-order chi connectivity index (χ0) is 50.9. The molecule has 14 aromatic rings. The molecule has 0 aliphatic carbocycles. The zero-order valence-corrected chi connectivity index (χ0v) is 43.2. The van der Waals surface area contributed by atoms with Gasteiger partial charge in [0.25, 0.3) is 0 Å². The van der Waals surface area contributed by atoms with Crippen LogP contribution in [0.3, 0.4) is 0 Å². The van der Waals surface area contributed by atoms with E-state index in [1.807, 2.05) is 0 Å². The Balaban J connectivity index is 1.04. The first kappa shape index (κ1) is 44.5. The fourth-order valence-corrected chi connectivity index (χ4v) is 18.2. The van der Waals surface area contributed by atoms with E-state index in [4.69, 9.17) is 0 Å². The van der Waals surface area contributed by atoms with Gasteiger partial charge in [-0.2, -0.15) is 0 Å². The van der Waals surface area contributed by atoms with Crippen molar-refractivity contribution in [3.63, 3.8) is 0 Å². The van der Waals surface area contributed by atoms with Gasteiger partial charge in [0, 0.05) is 47.5 Å². The van der Waals surface area contributed by atoms with Gasteiger partial charge in [0.1, 0.15) is 0 Å². The highest BCUT2D eigenvalue weighted by atomic mass is 28.3. The average Bonchev–Trinajstić information content (AvgIpc) is 4.51. The van der Waals surface area contributed by atoms with Crippen LogP contribution in [0.4, 0.5) is 0 Å². The summed E-state index contributed by atoms with van der Waals surface area (Å²) in [6.07, 6.45) is 8.77. The van der Waals surface area contributed by atoms with E-state index in [0.717, 1.165) is 22.7 Å². The molecule has 0 saturated carbocycles. The van der Waals surface area contributed by atoms with E-state index in [1.54, 1.807) is 0 Å². The molecule has 4 aromatic heterocycles. The highest BCUT2D eigenvalue weighted by Crippen LogP contribution is 2.56. The van der Waals surface area contributed by atoms with Crippen molar-refractivity contribution in [1.29, 1.82) is 0 Å². The van der Waals surface area contributed by atoms with E-state index in [-0.39, 0.29) is 0 Å². The zero-order valence-electron chi connectivity index (χ0n) is 42.2. The first-order valence-electron chi connectivity index (χ1n) is 26.5. The SMILES string of the molecule is c1ccc([Si]2(c3ccccc3)C(c3ccc(-n4ccc5ccccc54)cc3)=C(c3ccc(-n4ccc5ccccc54)cc3)C(c3ccc(-n4ccc5ccccc54)cc3)=C2c2ccc(-n3ccc4ccccc43)cc2)cc1. The molecular weight excluding hydrogens is 949 g/mol. The molecule has 77 heavy (non-hydrogen) atoms. The number of para-hydroxylation sites is 4. The minimum absolute atomic E-state index is 1.12. The van der Waals surface area contributed by atoms with E-state index >= 15 is 0 Å². The topological polar surface area (TPSA) is 19.7 Å². The van der Waals surface area contributed by atoms with Crippen LogP contribution in [0.25, 0.3) is 87.9 Å². The summed E-state index contributed by atoms with van der Waals surface area (Å²) in [5, 5.41) is 10.3. The maximum Gasteiger partial charge on any atom is 0.182 e. The lowest BCUT2D eigenvalue weighted by atomic mass is 9.89. The summed E-state index contributed by atoms with van der Waals surface area (Å²) in [5.41, 5.74) is 16.5. The van der Waals surface area contributed by atoms with Crippen molar-refractivity contribution >= 4 is 83.6 Å². The second-order valence-electron chi connectivity index (χ2n) is 20.1. The molecule has 1 aliphatic heterocycles. The minimum atomic E-state index is -3.34. The van der Waals surface area contributed by atoms with Gasteiger partial charge in [0.05, 0.1) is 22.1 Å². The third-order valence-corrected chi connectivity index (χ3v) is 21.0. The molecule has 4 nitrogen and oxygen atoms in total. The Kier molecular flexibility index (Phi) is 10.5. The van der Waals surface area contributed by atoms with E-state index in [1.165, 1.54) is 97.8 Å². The molecule has 0 N–H and O–H groups in total. The maximum atomic E-state index is 2.40. The molecule has 0 fully saturated rings. The summed E-state index contributed by atoms with van der Waals surface area (Å²) < 4.78 is 9.24. The summed E-state index contributed by atoms with van der Waals surface area (Å²) in [5.74, 6) is 0. The van der Waals surface area contributed by atoms with E-state index in [0.29, 0.717) is 0 Å². The van der Waals surface area contributed by atoms with Crippen LogP contribution in [0.2, 0.25) is 0 Å². The van der Waals surface area contributed by atoms with Crippen molar-refractivity contribution in [3.8, 4) is 22.7 Å². The summed E-state index contributed by atoms with van der Waals surface area (Å²) in [7, 11) is -3.34. The Bertz CT molecular complexity index is 4270. The van der Waals surface area contributed by atoms with Crippen LogP contribution in [0.5, 0.6) is 0 Å². The van der Waals surface area contributed by atoms with E-state index < -0.39 is 8.07 Å². The second-order valence-corrected chi connectivity index (χ2v) is 23.8. The number of aromatic nitrogens is 4. The molecule has 0 radical (unpaired) electrons. The molecular formula is C72H50N4Si. The Morgan fingerprint density at radius 3 is 0.740 bits per heavy atom. The highest BCUT2D eigenvalue weighted by Gasteiger charge is 2.53. The van der Waals surface area contributed by atoms with Gasteiger partial charge in [-0.05, 0) is 173 Å². The van der Waals surface area contributed by atoms with Crippen molar-refractivity contribution in [2.24, 2.45) is 0 Å². The molecule has 362 valence electrons. The molecule has 0 amide bonds. The molecule has 5 heteroatoms. The van der Waals surface area contributed by atoms with Gasteiger partial charge in [-0.15, -0.1) is 0 Å². The number of fused-ring (bicyclic) bond motifs is 4. The summed E-state index contributed by atoms with van der Waals surface area (Å²) in [6, 6.07) is 104. The third-order valence-electron chi connectivity index (χ3n) is 16.0. The molecule has 0 saturated heterocycles. The van der Waals surface area contributed by atoms with Crippen LogP contribution >= 0.6 is 0 Å². The maximum absolute atomic E-state index is 3.34. The van der Waals surface area contributed by atoms with Gasteiger partial charge in [-0.3, -0.25) is 0 Å². The van der Waals surface area contributed by atoms with E-state index in [9.17, 15) is 0 Å². The fourth-order valence-electron chi connectivity index (χ4n) is 12.6. The lowest BCUT2D eigenvalue weighted by molar-refractivity contribution is 1.13. The van der Waals surface area contributed by atoms with Crippen molar-refractivity contribution in [2.45, 2.75) is 0 Å². The largest absolute Gasteiger partial charge is 0.317 e. The third kappa shape index (κ3) is 7.20. The van der Waals surface area contributed by atoms with Crippen molar-refractivity contribution in [2.75, 3.05) is 0 Å². The number of benzene rings is 10. The Labute approximate surface area is 448 Å². The van der Waals surface area contributed by atoms with E-state index in [2.05, 4.69) is 322 Å². The lowest BCUT2D eigenvalue weighted by Crippen LogP contribution is -2.59. The normalized spacial score (nSPS) is 13.5. The molecule has 0 spiro atoms. The predicted octanol–water partition coefficient (Wildman–Crippen LogP) is 16.3. The van der Waals surface area contributed by atoms with Gasteiger partial charge in [-0.1, -0.05) is 182 Å². The first-order valence-corrected chi connectivity index (χ1v) is 28.5. The molecule has 15 rings (SSSR count). The molecule has 0 bridgehead atoms. The van der Waals surface area contributed by atoms with Crippen LogP contribution in [0.1, 0.15) is 22.3 Å². The number of nitrogens with zero attached hydrogens (tertiary/aromatic N) is 4. The smallest absolute Gasteiger partial charge is 0.182 e. The fraction of sp³-hybridized carbons (Fsp3) is 0. The van der Waals surface area contributed by atoms with Crippen LogP contribution in [-0.4, -0.2) is 26.3 Å². The number of allylic oxidation sites excluding steroid dienone is 2. The highest BCUT2D eigenvalue weighted by molar-refractivity contribution is 7.29. The number of hydrogen-bond donors (Lipinski definition) is 0. The standard InChI is InChI=1S/C72H50N4Si/c1-3-19-63(20-4-1)77(64-21-5-2-6-22-64)71(57-31-39-61(40-32-57)75-49-45-53-17-9-13-25-67(53)75)69(55-27-35-59(36-28-55)73-47-43-51-15-7-11-23-65(51)73)70(56-29-37-60(38-30-56)74-48-44-52-16-8-12-24-66(52)74)72(77)58-33-41-62(42-34-58)76-50-46-54-18-10-14-26-68(54)76/h1-50H. The molecule has 1 aliphatic rings. The van der Waals surface area contributed by atoms with Gasteiger partial charge in [0.2, 0.25) is 0 Å². The number of hydrogen-bond acceptors (Lipinski definition) is 0. The summed E-state index contributed by atoms with van der Waals surface area (Å²) >= 11 is 0. The van der Waals surface area contributed by atoms with Gasteiger partial charge >= 0.3 is 0 Å². The van der Waals surface area contributed by atoms with Gasteiger partial charge < -0.3 is 18.3 Å². The lowest BCUT2D eigenvalue weighted by Gasteiger charge is -2.36. The predicted molar refractivity (Wildman–Crippen MR) is 325 cm³/mol. The molecule has 10 aromatic carbocycles. The monoisotopic (exact) mass is 998 g/mol. The quantitative estimate of drug-likeness (QED) is 0.122. The Hall–Kier alpha value is -9.94. The van der Waals surface area contributed by atoms with Crippen LogP contribution in [0, 0.1) is 0 Å². The summed E-state index contributed by atoms with van der Waals surface area (Å²) in [6.45, 7) is 0. The second kappa shape index (κ2) is 18.2. The van der Waals surface area contributed by atoms with Crippen molar-refractivity contribution in [1.82, 2.24) is 18.3 Å². The Morgan fingerprint density at radius 2 is 0.455 bits per heavy atom. The van der Waals surface area contributed by atoms with Crippen LogP contribution in [-0.2, 0) is 0 Å². The Morgan fingerprint density at radius 1 is 0.208 bits per heavy atom. The number of rotatable bonds is 10. The minimum Gasteiger partial charge on any atom is -0.317 e. The first-order chi connectivity index (χ1) is 38.2. The summed E-state index contributed by atoms with van der Waals surface area (Å²) in [4.78, 5) is 0. The average molecular weight is 999 g/mol.